The molecule has 2 N–H and O–H groups in total. The molecule has 0 radical (unpaired) electrons. The van der Waals surface area contributed by atoms with Crippen LogP contribution in [0.1, 0.15) is 49.8 Å². The van der Waals surface area contributed by atoms with Gasteiger partial charge in [-0.2, -0.15) is 0 Å². The number of nitrogens with one attached hydrogen (secondary N) is 2. The lowest BCUT2D eigenvalue weighted by atomic mass is 10.1. The van der Waals surface area contributed by atoms with Crippen molar-refractivity contribution in [3.05, 3.63) is 17.6 Å². The van der Waals surface area contributed by atoms with Crippen LogP contribution in [0, 0.1) is 0 Å². The van der Waals surface area contributed by atoms with Crippen molar-refractivity contribution < 1.29 is 0 Å². The summed E-state index contributed by atoms with van der Waals surface area (Å²) in [6.07, 6.45) is 11.7. The average molecular weight is 260 g/mol. The quantitative estimate of drug-likeness (QED) is 0.816. The SMILES string of the molecule is c1nc2c(c(NCCC3CCCN3)n1)CCCCC2. The van der Waals surface area contributed by atoms with Gasteiger partial charge >= 0.3 is 0 Å². The molecule has 1 aliphatic carbocycles. The van der Waals surface area contributed by atoms with E-state index in [1.807, 2.05) is 0 Å². The summed E-state index contributed by atoms with van der Waals surface area (Å²) < 4.78 is 0. The maximum Gasteiger partial charge on any atom is 0.132 e. The highest BCUT2D eigenvalue weighted by molar-refractivity contribution is 5.46. The van der Waals surface area contributed by atoms with Crippen LogP contribution in [-0.2, 0) is 12.8 Å². The van der Waals surface area contributed by atoms with Crippen LogP contribution in [0.4, 0.5) is 5.82 Å². The number of rotatable bonds is 4. The maximum absolute atomic E-state index is 4.46. The lowest BCUT2D eigenvalue weighted by Gasteiger charge is -2.14. The molecule has 2 aliphatic rings. The van der Waals surface area contributed by atoms with E-state index in [0.29, 0.717) is 6.04 Å². The van der Waals surface area contributed by atoms with Gasteiger partial charge in [0.05, 0.1) is 0 Å². The van der Waals surface area contributed by atoms with E-state index in [1.165, 1.54) is 56.3 Å². The molecule has 1 aliphatic heterocycles. The highest BCUT2D eigenvalue weighted by Gasteiger charge is 2.16. The summed E-state index contributed by atoms with van der Waals surface area (Å²) in [5.41, 5.74) is 2.65. The van der Waals surface area contributed by atoms with Crippen molar-refractivity contribution >= 4 is 5.82 Å². The maximum atomic E-state index is 4.46. The molecule has 0 spiro atoms. The molecule has 1 unspecified atom stereocenters. The molecule has 1 saturated heterocycles. The second-order valence-electron chi connectivity index (χ2n) is 5.72. The minimum Gasteiger partial charge on any atom is -0.370 e. The second-order valence-corrected chi connectivity index (χ2v) is 5.72. The Balaban J connectivity index is 1.60. The van der Waals surface area contributed by atoms with Gasteiger partial charge in [0.2, 0.25) is 0 Å². The van der Waals surface area contributed by atoms with Gasteiger partial charge in [-0.1, -0.05) is 6.42 Å². The fourth-order valence-corrected chi connectivity index (χ4v) is 3.22. The Morgan fingerprint density at radius 3 is 3.00 bits per heavy atom. The minimum atomic E-state index is 0.702. The molecule has 1 fully saturated rings. The van der Waals surface area contributed by atoms with Gasteiger partial charge in [-0.15, -0.1) is 0 Å². The van der Waals surface area contributed by atoms with Crippen molar-refractivity contribution in [1.82, 2.24) is 15.3 Å². The normalized spacial score (nSPS) is 22.8. The van der Waals surface area contributed by atoms with Crippen molar-refractivity contribution in [2.45, 2.75) is 57.4 Å². The lowest BCUT2D eigenvalue weighted by Crippen LogP contribution is -2.24. The summed E-state index contributed by atoms with van der Waals surface area (Å²) in [5, 5.41) is 7.08. The van der Waals surface area contributed by atoms with Gasteiger partial charge in [-0.25, -0.2) is 9.97 Å². The van der Waals surface area contributed by atoms with Crippen LogP contribution in [0.5, 0.6) is 0 Å². The largest absolute Gasteiger partial charge is 0.370 e. The van der Waals surface area contributed by atoms with E-state index in [1.54, 1.807) is 6.33 Å². The zero-order valence-electron chi connectivity index (χ0n) is 11.6. The summed E-state index contributed by atoms with van der Waals surface area (Å²) >= 11 is 0. The Morgan fingerprint density at radius 2 is 2.11 bits per heavy atom. The Hall–Kier alpha value is -1.16. The number of hydrogen-bond donors (Lipinski definition) is 2. The van der Waals surface area contributed by atoms with Crippen LogP contribution < -0.4 is 10.6 Å². The molecule has 104 valence electrons. The molecule has 0 bridgehead atoms. The second kappa shape index (κ2) is 6.33. The van der Waals surface area contributed by atoms with Gasteiger partial charge in [0.15, 0.2) is 0 Å². The van der Waals surface area contributed by atoms with Gasteiger partial charge in [0, 0.05) is 23.8 Å². The first-order valence-corrected chi connectivity index (χ1v) is 7.73. The third-order valence-electron chi connectivity index (χ3n) is 4.32. The zero-order chi connectivity index (χ0) is 12.9. The van der Waals surface area contributed by atoms with E-state index < -0.39 is 0 Å². The standard InChI is InChI=1S/C15H24N4/c1-2-6-13-14(7-3-1)18-11-19-15(13)17-10-8-12-5-4-9-16-12/h11-12,16H,1-10H2,(H,17,18,19). The van der Waals surface area contributed by atoms with Gasteiger partial charge in [0.25, 0.3) is 0 Å². The highest BCUT2D eigenvalue weighted by Crippen LogP contribution is 2.23. The predicted molar refractivity (Wildman–Crippen MR) is 77.4 cm³/mol. The van der Waals surface area contributed by atoms with Crippen LogP contribution >= 0.6 is 0 Å². The summed E-state index contributed by atoms with van der Waals surface area (Å²) in [6, 6.07) is 0.702. The van der Waals surface area contributed by atoms with E-state index >= 15 is 0 Å². The molecular formula is C15H24N4. The first kappa shape index (κ1) is 12.9. The van der Waals surface area contributed by atoms with E-state index in [-0.39, 0.29) is 0 Å². The van der Waals surface area contributed by atoms with Crippen LogP contribution in [-0.4, -0.2) is 29.1 Å². The monoisotopic (exact) mass is 260 g/mol. The molecular weight excluding hydrogens is 236 g/mol. The number of fused-ring (bicyclic) bond motifs is 1. The number of hydrogen-bond acceptors (Lipinski definition) is 4. The number of nitrogens with zero attached hydrogens (tertiary/aromatic N) is 2. The number of anilines is 1. The molecule has 3 rings (SSSR count). The first-order valence-electron chi connectivity index (χ1n) is 7.73. The molecule has 0 amide bonds. The molecule has 2 heterocycles. The fraction of sp³-hybridized carbons (Fsp3) is 0.733. The number of aromatic nitrogens is 2. The Bertz CT molecular complexity index is 413. The third-order valence-corrected chi connectivity index (χ3v) is 4.32. The summed E-state index contributed by atoms with van der Waals surface area (Å²) in [7, 11) is 0. The molecule has 0 aromatic carbocycles. The van der Waals surface area contributed by atoms with Crippen LogP contribution in [0.15, 0.2) is 6.33 Å². The van der Waals surface area contributed by atoms with Gasteiger partial charge in [-0.3, -0.25) is 0 Å². The molecule has 1 atom stereocenters. The molecule has 19 heavy (non-hydrogen) atoms. The van der Waals surface area contributed by atoms with Crippen molar-refractivity contribution in [2.75, 3.05) is 18.4 Å². The summed E-state index contributed by atoms with van der Waals surface area (Å²) in [6.45, 7) is 2.20. The van der Waals surface area contributed by atoms with Gasteiger partial charge in [-0.05, 0) is 51.5 Å². The fourth-order valence-electron chi connectivity index (χ4n) is 3.22. The smallest absolute Gasteiger partial charge is 0.132 e. The Labute approximate surface area is 115 Å². The van der Waals surface area contributed by atoms with E-state index in [4.69, 9.17) is 0 Å². The van der Waals surface area contributed by atoms with Crippen LogP contribution in [0.3, 0.4) is 0 Å². The Morgan fingerprint density at radius 1 is 1.16 bits per heavy atom. The molecule has 1 aromatic heterocycles. The highest BCUT2D eigenvalue weighted by atomic mass is 15.0. The zero-order valence-corrected chi connectivity index (χ0v) is 11.6. The summed E-state index contributed by atoms with van der Waals surface area (Å²) in [5.74, 6) is 1.09. The lowest BCUT2D eigenvalue weighted by molar-refractivity contribution is 0.574. The molecule has 4 heteroatoms. The van der Waals surface area contributed by atoms with E-state index in [2.05, 4.69) is 20.6 Å². The van der Waals surface area contributed by atoms with E-state index in [9.17, 15) is 0 Å². The molecule has 0 saturated carbocycles. The van der Waals surface area contributed by atoms with Crippen molar-refractivity contribution in [3.63, 3.8) is 0 Å². The Kier molecular flexibility index (Phi) is 4.28. The molecule has 1 aromatic rings. The van der Waals surface area contributed by atoms with Crippen molar-refractivity contribution in [1.29, 1.82) is 0 Å². The van der Waals surface area contributed by atoms with Gasteiger partial charge in [0.1, 0.15) is 12.1 Å². The van der Waals surface area contributed by atoms with Gasteiger partial charge < -0.3 is 10.6 Å². The average Bonchev–Trinajstić information content (AvgIpc) is 2.82. The van der Waals surface area contributed by atoms with Crippen molar-refractivity contribution in [3.8, 4) is 0 Å². The van der Waals surface area contributed by atoms with Crippen LogP contribution in [0.25, 0.3) is 0 Å². The summed E-state index contributed by atoms with van der Waals surface area (Å²) in [4.78, 5) is 8.92. The predicted octanol–water partition coefficient (Wildman–Crippen LogP) is 2.30. The number of aryl methyl sites for hydroxylation is 1. The first-order chi connectivity index (χ1) is 9.43. The topological polar surface area (TPSA) is 49.8 Å². The van der Waals surface area contributed by atoms with E-state index in [0.717, 1.165) is 25.2 Å². The van der Waals surface area contributed by atoms with Crippen molar-refractivity contribution in [2.24, 2.45) is 0 Å². The van der Waals surface area contributed by atoms with Crippen LogP contribution in [0.2, 0.25) is 0 Å². The third kappa shape index (κ3) is 3.24. The molecule has 4 nitrogen and oxygen atoms in total. The minimum absolute atomic E-state index is 0.702.